The molecular formula is C10H21NO2. The molecule has 0 saturated carbocycles. The summed E-state index contributed by atoms with van der Waals surface area (Å²) in [5.41, 5.74) is -0.469. The van der Waals surface area contributed by atoms with Gasteiger partial charge in [-0.2, -0.15) is 0 Å². The molecule has 1 heterocycles. The lowest BCUT2D eigenvalue weighted by molar-refractivity contribution is -0.159. The first kappa shape index (κ1) is 11.0. The summed E-state index contributed by atoms with van der Waals surface area (Å²) in [7, 11) is 0. The Hall–Kier alpha value is -0.120. The normalized spacial score (nSPS) is 23.1. The summed E-state index contributed by atoms with van der Waals surface area (Å²) in [6.45, 7) is 8.10. The highest BCUT2D eigenvalue weighted by molar-refractivity contribution is 4.85. The Balaban J connectivity index is 2.49. The van der Waals surface area contributed by atoms with Crippen molar-refractivity contribution in [2.24, 2.45) is 0 Å². The lowest BCUT2D eigenvalue weighted by Gasteiger charge is -2.40. The quantitative estimate of drug-likeness (QED) is 0.690. The first-order valence-corrected chi connectivity index (χ1v) is 4.99. The van der Waals surface area contributed by atoms with Crippen molar-refractivity contribution in [1.82, 2.24) is 5.32 Å². The molecule has 1 saturated heterocycles. The maximum atomic E-state index is 9.10. The second kappa shape index (κ2) is 3.95. The summed E-state index contributed by atoms with van der Waals surface area (Å²) in [6.07, 6.45) is 2.05. The molecule has 0 aromatic carbocycles. The molecule has 0 unspecified atom stereocenters. The van der Waals surface area contributed by atoms with Gasteiger partial charge in [0.2, 0.25) is 0 Å². The number of ether oxygens (including phenoxy) is 1. The third-order valence-corrected chi connectivity index (χ3v) is 2.56. The van der Waals surface area contributed by atoms with E-state index in [0.29, 0.717) is 0 Å². The molecule has 13 heavy (non-hydrogen) atoms. The van der Waals surface area contributed by atoms with Gasteiger partial charge in [-0.3, -0.25) is 0 Å². The number of piperidine rings is 1. The predicted octanol–water partition coefficient (Wildman–Crippen LogP) is 0.916. The Morgan fingerprint density at radius 2 is 1.92 bits per heavy atom. The zero-order valence-corrected chi connectivity index (χ0v) is 8.89. The smallest absolute Gasteiger partial charge is 0.0863 e. The number of hydrogen-bond donors (Lipinski definition) is 2. The average molecular weight is 187 g/mol. The lowest BCUT2D eigenvalue weighted by Crippen LogP contribution is -2.47. The number of hydrogen-bond acceptors (Lipinski definition) is 3. The molecule has 0 radical (unpaired) electrons. The van der Waals surface area contributed by atoms with E-state index in [9.17, 15) is 0 Å². The van der Waals surface area contributed by atoms with E-state index in [1.807, 2.05) is 13.8 Å². The Kier molecular flexibility index (Phi) is 3.33. The van der Waals surface area contributed by atoms with Gasteiger partial charge in [-0.05, 0) is 46.7 Å². The molecule has 0 amide bonds. The van der Waals surface area contributed by atoms with Crippen molar-refractivity contribution in [1.29, 1.82) is 0 Å². The van der Waals surface area contributed by atoms with Gasteiger partial charge in [-0.1, -0.05) is 0 Å². The van der Waals surface area contributed by atoms with Crippen LogP contribution in [-0.4, -0.2) is 36.0 Å². The first-order valence-electron chi connectivity index (χ1n) is 4.99. The van der Waals surface area contributed by atoms with Crippen LogP contribution in [0.1, 0.15) is 33.6 Å². The van der Waals surface area contributed by atoms with Crippen molar-refractivity contribution < 1.29 is 9.84 Å². The zero-order valence-electron chi connectivity index (χ0n) is 8.89. The van der Waals surface area contributed by atoms with Gasteiger partial charge in [0.1, 0.15) is 0 Å². The highest BCUT2D eigenvalue weighted by Crippen LogP contribution is 2.27. The number of rotatable bonds is 3. The van der Waals surface area contributed by atoms with Crippen molar-refractivity contribution in [2.45, 2.75) is 44.8 Å². The lowest BCUT2D eigenvalue weighted by atomic mass is 9.93. The van der Waals surface area contributed by atoms with E-state index < -0.39 is 5.60 Å². The largest absolute Gasteiger partial charge is 0.393 e. The van der Waals surface area contributed by atoms with Crippen LogP contribution in [0.25, 0.3) is 0 Å². The van der Waals surface area contributed by atoms with Crippen LogP contribution >= 0.6 is 0 Å². The molecule has 0 bridgehead atoms. The van der Waals surface area contributed by atoms with Crippen molar-refractivity contribution in [3.8, 4) is 0 Å². The van der Waals surface area contributed by atoms with Crippen molar-refractivity contribution in [3.05, 3.63) is 0 Å². The van der Waals surface area contributed by atoms with E-state index in [0.717, 1.165) is 25.9 Å². The fourth-order valence-corrected chi connectivity index (χ4v) is 1.76. The number of aliphatic hydroxyl groups is 1. The molecule has 1 aliphatic rings. The summed E-state index contributed by atoms with van der Waals surface area (Å²) in [4.78, 5) is 0. The van der Waals surface area contributed by atoms with Crippen LogP contribution in [0.4, 0.5) is 0 Å². The van der Waals surface area contributed by atoms with Gasteiger partial charge in [0.25, 0.3) is 0 Å². The molecule has 0 spiro atoms. The number of nitrogens with one attached hydrogen (secondary N) is 1. The molecule has 1 aliphatic heterocycles. The Morgan fingerprint density at radius 3 is 2.38 bits per heavy atom. The van der Waals surface area contributed by atoms with Gasteiger partial charge in [0.05, 0.1) is 17.8 Å². The summed E-state index contributed by atoms with van der Waals surface area (Å²) in [5, 5.41) is 12.4. The second-order valence-corrected chi connectivity index (χ2v) is 4.72. The predicted molar refractivity (Wildman–Crippen MR) is 52.8 cm³/mol. The van der Waals surface area contributed by atoms with Gasteiger partial charge >= 0.3 is 0 Å². The molecule has 0 atom stereocenters. The Bertz CT molecular complexity index is 162. The average Bonchev–Trinajstić information content (AvgIpc) is 2.04. The SMILES string of the molecule is CC(C)(CO)OC1(C)CCNCC1. The van der Waals surface area contributed by atoms with E-state index in [1.165, 1.54) is 0 Å². The highest BCUT2D eigenvalue weighted by Gasteiger charge is 2.33. The summed E-state index contributed by atoms with van der Waals surface area (Å²) >= 11 is 0. The van der Waals surface area contributed by atoms with Gasteiger partial charge in [0, 0.05) is 0 Å². The van der Waals surface area contributed by atoms with Gasteiger partial charge in [-0.15, -0.1) is 0 Å². The fourth-order valence-electron chi connectivity index (χ4n) is 1.76. The van der Waals surface area contributed by atoms with E-state index in [4.69, 9.17) is 9.84 Å². The summed E-state index contributed by atoms with van der Waals surface area (Å²) < 4.78 is 5.93. The minimum Gasteiger partial charge on any atom is -0.393 e. The van der Waals surface area contributed by atoms with Crippen LogP contribution in [0.3, 0.4) is 0 Å². The number of aliphatic hydroxyl groups excluding tert-OH is 1. The molecule has 0 aliphatic carbocycles. The maximum Gasteiger partial charge on any atom is 0.0863 e. The fraction of sp³-hybridized carbons (Fsp3) is 1.00. The van der Waals surface area contributed by atoms with Gasteiger partial charge in [0.15, 0.2) is 0 Å². The summed E-state index contributed by atoms with van der Waals surface area (Å²) in [6, 6.07) is 0. The van der Waals surface area contributed by atoms with Crippen molar-refractivity contribution >= 4 is 0 Å². The molecular weight excluding hydrogens is 166 g/mol. The molecule has 2 N–H and O–H groups in total. The molecule has 1 fully saturated rings. The maximum absolute atomic E-state index is 9.10. The van der Waals surface area contributed by atoms with E-state index >= 15 is 0 Å². The third-order valence-electron chi connectivity index (χ3n) is 2.56. The third kappa shape index (κ3) is 3.25. The van der Waals surface area contributed by atoms with Crippen LogP contribution in [-0.2, 0) is 4.74 Å². The minimum absolute atomic E-state index is 0.0581. The highest BCUT2D eigenvalue weighted by atomic mass is 16.5. The van der Waals surface area contributed by atoms with E-state index in [-0.39, 0.29) is 12.2 Å². The van der Waals surface area contributed by atoms with Crippen molar-refractivity contribution in [2.75, 3.05) is 19.7 Å². The van der Waals surface area contributed by atoms with Gasteiger partial charge in [-0.25, -0.2) is 0 Å². The molecule has 3 heteroatoms. The topological polar surface area (TPSA) is 41.5 Å². The van der Waals surface area contributed by atoms with E-state index in [2.05, 4.69) is 12.2 Å². The first-order chi connectivity index (χ1) is 5.97. The minimum atomic E-state index is -0.411. The van der Waals surface area contributed by atoms with Gasteiger partial charge < -0.3 is 15.2 Å². The molecule has 3 nitrogen and oxygen atoms in total. The molecule has 0 aromatic rings. The van der Waals surface area contributed by atoms with Crippen LogP contribution in [0.2, 0.25) is 0 Å². The standard InChI is InChI=1S/C10H21NO2/c1-9(2,8-12)13-10(3)4-6-11-7-5-10/h11-12H,4-8H2,1-3H3. The zero-order chi connectivity index (χ0) is 9.95. The van der Waals surface area contributed by atoms with E-state index in [1.54, 1.807) is 0 Å². The Morgan fingerprint density at radius 1 is 1.38 bits per heavy atom. The van der Waals surface area contributed by atoms with Crippen LogP contribution in [0.15, 0.2) is 0 Å². The Labute approximate surface area is 80.5 Å². The van der Waals surface area contributed by atoms with Crippen LogP contribution in [0.5, 0.6) is 0 Å². The summed E-state index contributed by atoms with van der Waals surface area (Å²) in [5.74, 6) is 0. The van der Waals surface area contributed by atoms with Crippen molar-refractivity contribution in [3.63, 3.8) is 0 Å². The van der Waals surface area contributed by atoms with Crippen LogP contribution in [0, 0.1) is 0 Å². The molecule has 78 valence electrons. The molecule has 0 aromatic heterocycles. The van der Waals surface area contributed by atoms with Crippen LogP contribution < -0.4 is 5.32 Å². The monoisotopic (exact) mass is 187 g/mol. The second-order valence-electron chi connectivity index (χ2n) is 4.72. The molecule has 1 rings (SSSR count).